The molecule has 0 N–H and O–H groups in total. The van der Waals surface area contributed by atoms with Gasteiger partial charge in [-0.3, -0.25) is 4.52 Å². The average Bonchev–Trinajstić information content (AvgIpc) is 2.59. The van der Waals surface area contributed by atoms with Crippen LogP contribution in [0.4, 0.5) is 4.39 Å². The van der Waals surface area contributed by atoms with Crippen LogP contribution in [0, 0.1) is 18.7 Å². The van der Waals surface area contributed by atoms with Crippen molar-refractivity contribution in [1.82, 2.24) is 0 Å². The highest BCUT2D eigenvalue weighted by Crippen LogP contribution is 2.60. The molecule has 0 saturated heterocycles. The second-order valence-corrected chi connectivity index (χ2v) is 12.1. The van der Waals surface area contributed by atoms with Gasteiger partial charge in [0.05, 0.1) is 6.61 Å². The number of hydrogen-bond donors (Lipinski definition) is 0. The molecule has 0 aliphatic carbocycles. The van der Waals surface area contributed by atoms with E-state index in [9.17, 15) is 17.4 Å². The van der Waals surface area contributed by atoms with Crippen molar-refractivity contribution in [3.05, 3.63) is 53.8 Å². The molecule has 0 aliphatic heterocycles. The summed E-state index contributed by atoms with van der Waals surface area (Å²) in [6.45, 7) is 4.04. The average molecular weight is 463 g/mol. The SMILES string of the molecule is CCOP(=O)(Oc1ccc(S(=O)(=O)Oc2cccc(F)c2)c(C)c1)SCC(C)C. The first-order valence-corrected chi connectivity index (χ1v) is 13.5. The zero-order chi connectivity index (χ0) is 21.7. The van der Waals surface area contributed by atoms with Crippen LogP contribution in [0.3, 0.4) is 0 Å². The Kier molecular flexibility index (Phi) is 8.17. The summed E-state index contributed by atoms with van der Waals surface area (Å²) < 4.78 is 67.2. The molecule has 2 aromatic carbocycles. The second kappa shape index (κ2) is 9.98. The molecule has 0 saturated carbocycles. The van der Waals surface area contributed by atoms with E-state index < -0.39 is 22.7 Å². The molecule has 6 nitrogen and oxygen atoms in total. The largest absolute Gasteiger partial charge is 0.440 e. The van der Waals surface area contributed by atoms with Crippen molar-refractivity contribution in [2.24, 2.45) is 5.92 Å². The van der Waals surface area contributed by atoms with Crippen LogP contribution in [0.1, 0.15) is 26.3 Å². The van der Waals surface area contributed by atoms with Gasteiger partial charge in [0.25, 0.3) is 0 Å². The van der Waals surface area contributed by atoms with Gasteiger partial charge in [-0.25, -0.2) is 8.96 Å². The summed E-state index contributed by atoms with van der Waals surface area (Å²) in [6.07, 6.45) is 0. The summed E-state index contributed by atoms with van der Waals surface area (Å²) in [6, 6.07) is 8.99. The molecule has 0 heterocycles. The van der Waals surface area contributed by atoms with Crippen LogP contribution in [-0.4, -0.2) is 20.8 Å². The Morgan fingerprint density at radius 2 is 1.86 bits per heavy atom. The minimum absolute atomic E-state index is 0.102. The Balaban J connectivity index is 2.23. The summed E-state index contributed by atoms with van der Waals surface area (Å²) >= 11 is 1.10. The predicted octanol–water partition coefficient (Wildman–Crippen LogP) is 5.81. The number of aryl methyl sites for hydroxylation is 1. The molecular formula is C19H24FO6PS2. The van der Waals surface area contributed by atoms with E-state index in [1.807, 2.05) is 13.8 Å². The van der Waals surface area contributed by atoms with Crippen molar-refractivity contribution in [2.75, 3.05) is 12.4 Å². The monoisotopic (exact) mass is 462 g/mol. The lowest BCUT2D eigenvalue weighted by atomic mass is 10.2. The van der Waals surface area contributed by atoms with E-state index in [-0.39, 0.29) is 23.0 Å². The van der Waals surface area contributed by atoms with Crippen LogP contribution in [0.15, 0.2) is 47.4 Å². The second-order valence-electron chi connectivity index (χ2n) is 6.57. The van der Waals surface area contributed by atoms with Gasteiger partial charge < -0.3 is 8.71 Å². The third-order valence-electron chi connectivity index (χ3n) is 3.49. The molecule has 2 aromatic rings. The molecule has 0 aromatic heterocycles. The minimum atomic E-state index is -4.18. The minimum Gasteiger partial charge on any atom is -0.417 e. The number of benzene rings is 2. The summed E-state index contributed by atoms with van der Waals surface area (Å²) in [5.41, 5.74) is 0.329. The highest BCUT2D eigenvalue weighted by molar-refractivity contribution is 8.55. The number of rotatable bonds is 10. The van der Waals surface area contributed by atoms with Crippen molar-refractivity contribution in [3.8, 4) is 11.5 Å². The van der Waals surface area contributed by atoms with Gasteiger partial charge in [0, 0.05) is 11.8 Å². The maximum atomic E-state index is 13.3. The van der Waals surface area contributed by atoms with Gasteiger partial charge in [0.1, 0.15) is 22.2 Å². The highest BCUT2D eigenvalue weighted by atomic mass is 32.7. The maximum absolute atomic E-state index is 13.3. The summed E-state index contributed by atoms with van der Waals surface area (Å²) in [4.78, 5) is -0.102. The van der Waals surface area contributed by atoms with Crippen LogP contribution in [-0.2, 0) is 19.2 Å². The fourth-order valence-electron chi connectivity index (χ4n) is 2.27. The quantitative estimate of drug-likeness (QED) is 0.325. The van der Waals surface area contributed by atoms with Gasteiger partial charge in [0.2, 0.25) is 0 Å². The van der Waals surface area contributed by atoms with Gasteiger partial charge in [-0.1, -0.05) is 19.9 Å². The third-order valence-corrected chi connectivity index (χ3v) is 8.97. The zero-order valence-corrected chi connectivity index (χ0v) is 19.2. The third kappa shape index (κ3) is 7.03. The maximum Gasteiger partial charge on any atom is 0.440 e. The summed E-state index contributed by atoms with van der Waals surface area (Å²) in [7, 11) is -4.18. The van der Waals surface area contributed by atoms with Crippen molar-refractivity contribution in [3.63, 3.8) is 0 Å². The zero-order valence-electron chi connectivity index (χ0n) is 16.6. The fourth-order valence-corrected chi connectivity index (χ4v) is 7.15. The molecule has 160 valence electrons. The van der Waals surface area contributed by atoms with Gasteiger partial charge in [-0.15, -0.1) is 0 Å². The smallest absolute Gasteiger partial charge is 0.417 e. The lowest BCUT2D eigenvalue weighted by molar-refractivity contribution is 0.296. The van der Waals surface area contributed by atoms with E-state index >= 15 is 0 Å². The van der Waals surface area contributed by atoms with E-state index in [2.05, 4.69) is 0 Å². The van der Waals surface area contributed by atoms with Crippen molar-refractivity contribution >= 4 is 28.3 Å². The van der Waals surface area contributed by atoms with Crippen LogP contribution >= 0.6 is 18.2 Å². The van der Waals surface area contributed by atoms with E-state index in [0.29, 0.717) is 17.2 Å². The van der Waals surface area contributed by atoms with E-state index in [0.717, 1.165) is 17.4 Å². The Bertz CT molecular complexity index is 994. The Hall–Kier alpha value is -1.54. The van der Waals surface area contributed by atoms with Crippen molar-refractivity contribution < 1.29 is 30.6 Å². The normalized spacial score (nSPS) is 13.9. The van der Waals surface area contributed by atoms with Crippen LogP contribution in [0.2, 0.25) is 0 Å². The van der Waals surface area contributed by atoms with E-state index in [4.69, 9.17) is 13.2 Å². The van der Waals surface area contributed by atoms with Gasteiger partial charge >= 0.3 is 16.9 Å². The molecule has 1 atom stereocenters. The summed E-state index contributed by atoms with van der Waals surface area (Å²) in [5.74, 6) is 0.371. The van der Waals surface area contributed by atoms with Crippen LogP contribution in [0.25, 0.3) is 0 Å². The molecule has 0 fully saturated rings. The lowest BCUT2D eigenvalue weighted by Crippen LogP contribution is -2.11. The van der Waals surface area contributed by atoms with Crippen LogP contribution in [0.5, 0.6) is 11.5 Å². The highest BCUT2D eigenvalue weighted by Gasteiger charge is 2.28. The van der Waals surface area contributed by atoms with Crippen LogP contribution < -0.4 is 8.71 Å². The fraction of sp³-hybridized carbons (Fsp3) is 0.368. The molecular weight excluding hydrogens is 438 g/mol. The Morgan fingerprint density at radius 1 is 1.14 bits per heavy atom. The van der Waals surface area contributed by atoms with Gasteiger partial charge in [-0.2, -0.15) is 8.42 Å². The molecule has 0 amide bonds. The topological polar surface area (TPSA) is 78.9 Å². The first-order valence-electron chi connectivity index (χ1n) is 8.94. The Morgan fingerprint density at radius 3 is 2.45 bits per heavy atom. The molecule has 0 spiro atoms. The number of hydrogen-bond acceptors (Lipinski definition) is 7. The molecule has 0 bridgehead atoms. The standard InChI is InChI=1S/C19H24FO6PS2/c1-5-24-27(21,28-13-14(2)3)25-17-9-10-19(15(4)11-17)29(22,23)26-18-8-6-7-16(20)12-18/h6-12,14H,5,13H2,1-4H3. The lowest BCUT2D eigenvalue weighted by Gasteiger charge is -2.19. The first-order chi connectivity index (χ1) is 13.5. The van der Waals surface area contributed by atoms with Gasteiger partial charge in [-0.05, 0) is 67.0 Å². The van der Waals surface area contributed by atoms with Crippen molar-refractivity contribution in [1.29, 1.82) is 0 Å². The van der Waals surface area contributed by atoms with Gasteiger partial charge in [0.15, 0.2) is 0 Å². The Labute approximate surface area is 175 Å². The molecule has 1 unspecified atom stereocenters. The molecule has 0 radical (unpaired) electrons. The predicted molar refractivity (Wildman–Crippen MR) is 113 cm³/mol. The van der Waals surface area contributed by atoms with Crippen molar-refractivity contribution in [2.45, 2.75) is 32.6 Å². The van der Waals surface area contributed by atoms with E-state index in [1.165, 1.54) is 36.4 Å². The molecule has 0 aliphatic rings. The summed E-state index contributed by atoms with van der Waals surface area (Å²) in [5, 5.41) is 0. The molecule has 29 heavy (non-hydrogen) atoms. The molecule has 2 rings (SSSR count). The van der Waals surface area contributed by atoms with E-state index in [1.54, 1.807) is 13.8 Å². The first kappa shape index (κ1) is 23.7. The number of halogens is 1. The molecule has 10 heteroatoms.